The van der Waals surface area contributed by atoms with Crippen molar-refractivity contribution in [3.05, 3.63) is 34.4 Å². The Morgan fingerprint density at radius 2 is 2.44 bits per heavy atom. The Kier molecular flexibility index (Phi) is 3.44. The van der Waals surface area contributed by atoms with Crippen molar-refractivity contribution in [2.24, 2.45) is 0 Å². The zero-order valence-electron chi connectivity index (χ0n) is 8.70. The molecule has 1 fully saturated rings. The van der Waals surface area contributed by atoms with Crippen molar-refractivity contribution in [2.45, 2.75) is 6.10 Å². The molecule has 0 amide bonds. The van der Waals surface area contributed by atoms with Gasteiger partial charge in [-0.15, -0.1) is 0 Å². The fourth-order valence-electron chi connectivity index (χ4n) is 1.62. The van der Waals surface area contributed by atoms with E-state index in [1.807, 2.05) is 16.8 Å². The lowest BCUT2D eigenvalue weighted by molar-refractivity contribution is -0.00193. The molecule has 1 unspecified atom stereocenters. The van der Waals surface area contributed by atoms with Gasteiger partial charge in [-0.25, -0.2) is 8.42 Å². The number of rotatable bonds is 3. The summed E-state index contributed by atoms with van der Waals surface area (Å²) < 4.78 is 30.2. The number of ether oxygens (including phenoxy) is 1. The van der Waals surface area contributed by atoms with Gasteiger partial charge in [0.05, 0.1) is 12.7 Å². The molecule has 0 spiro atoms. The molecule has 16 heavy (non-hydrogen) atoms. The number of sulfonamides is 1. The van der Waals surface area contributed by atoms with Crippen LogP contribution in [0.1, 0.15) is 11.7 Å². The third kappa shape index (κ3) is 2.35. The third-order valence-electron chi connectivity index (χ3n) is 2.51. The van der Waals surface area contributed by atoms with Crippen molar-refractivity contribution in [1.82, 2.24) is 4.31 Å². The maximum Gasteiger partial charge on any atom is 0.235 e. The van der Waals surface area contributed by atoms with Gasteiger partial charge in [-0.3, -0.25) is 0 Å². The molecule has 0 radical (unpaired) electrons. The van der Waals surface area contributed by atoms with Gasteiger partial charge in [0, 0.05) is 18.5 Å². The Morgan fingerprint density at radius 1 is 1.62 bits per heavy atom. The lowest BCUT2D eigenvalue weighted by Crippen LogP contribution is -2.41. The molecule has 0 aromatic carbocycles. The lowest BCUT2D eigenvalue weighted by Gasteiger charge is -2.30. The van der Waals surface area contributed by atoms with Crippen molar-refractivity contribution < 1.29 is 13.2 Å². The molecule has 2 rings (SSSR count). The monoisotopic (exact) mass is 259 g/mol. The molecular weight excluding hydrogens is 246 g/mol. The summed E-state index contributed by atoms with van der Waals surface area (Å²) in [6.45, 7) is 4.52. The minimum Gasteiger partial charge on any atom is -0.371 e. The molecule has 88 valence electrons. The van der Waals surface area contributed by atoms with Gasteiger partial charge < -0.3 is 4.74 Å². The number of morpholine rings is 1. The van der Waals surface area contributed by atoms with Crippen LogP contribution >= 0.6 is 11.3 Å². The van der Waals surface area contributed by atoms with Crippen molar-refractivity contribution >= 4 is 21.4 Å². The Balaban J connectivity index is 2.14. The van der Waals surface area contributed by atoms with Gasteiger partial charge in [-0.05, 0) is 22.4 Å². The largest absolute Gasteiger partial charge is 0.371 e. The molecule has 6 heteroatoms. The molecule has 1 saturated heterocycles. The molecule has 0 N–H and O–H groups in total. The highest BCUT2D eigenvalue weighted by Crippen LogP contribution is 2.25. The van der Waals surface area contributed by atoms with E-state index in [1.165, 1.54) is 4.31 Å². The standard InChI is InChI=1S/C10H13NO3S2/c1-2-16(12,13)11-4-5-14-10(7-11)9-3-6-15-8-9/h2-3,6,8,10H,1,4-5,7H2. The van der Waals surface area contributed by atoms with Crippen molar-refractivity contribution in [3.63, 3.8) is 0 Å². The molecule has 0 aliphatic carbocycles. The SMILES string of the molecule is C=CS(=O)(=O)N1CCOC(c2ccsc2)C1. The highest BCUT2D eigenvalue weighted by molar-refractivity contribution is 7.92. The number of hydrogen-bond donors (Lipinski definition) is 0. The minimum atomic E-state index is -3.32. The van der Waals surface area contributed by atoms with Gasteiger partial charge in [-0.1, -0.05) is 6.58 Å². The van der Waals surface area contributed by atoms with Crippen LogP contribution in [0.5, 0.6) is 0 Å². The predicted octanol–water partition coefficient (Wildman–Crippen LogP) is 1.59. The summed E-state index contributed by atoms with van der Waals surface area (Å²) in [5, 5.41) is 4.93. The molecule has 1 aliphatic rings. The quantitative estimate of drug-likeness (QED) is 0.828. The summed E-state index contributed by atoms with van der Waals surface area (Å²) in [5.41, 5.74) is 1.04. The summed E-state index contributed by atoms with van der Waals surface area (Å²) in [4.78, 5) is 0. The van der Waals surface area contributed by atoms with E-state index in [2.05, 4.69) is 6.58 Å². The van der Waals surface area contributed by atoms with Gasteiger partial charge >= 0.3 is 0 Å². The van der Waals surface area contributed by atoms with E-state index < -0.39 is 10.0 Å². The number of nitrogens with zero attached hydrogens (tertiary/aromatic N) is 1. The van der Waals surface area contributed by atoms with Crippen LogP contribution in [0.15, 0.2) is 28.8 Å². The summed E-state index contributed by atoms with van der Waals surface area (Å²) in [6.07, 6.45) is -0.158. The van der Waals surface area contributed by atoms with Crippen LogP contribution in [0.3, 0.4) is 0 Å². The normalized spacial score (nSPS) is 23.1. The molecule has 2 heterocycles. The van der Waals surface area contributed by atoms with Gasteiger partial charge in [0.25, 0.3) is 0 Å². The van der Waals surface area contributed by atoms with E-state index in [1.54, 1.807) is 11.3 Å². The van der Waals surface area contributed by atoms with Crippen molar-refractivity contribution in [2.75, 3.05) is 19.7 Å². The summed E-state index contributed by atoms with van der Waals surface area (Å²) in [5.74, 6) is 0. The number of hydrogen-bond acceptors (Lipinski definition) is 4. The zero-order chi connectivity index (χ0) is 11.6. The average molecular weight is 259 g/mol. The highest BCUT2D eigenvalue weighted by Gasteiger charge is 2.28. The van der Waals surface area contributed by atoms with Gasteiger partial charge in [-0.2, -0.15) is 15.6 Å². The summed E-state index contributed by atoms with van der Waals surface area (Å²) >= 11 is 1.58. The van der Waals surface area contributed by atoms with Crippen molar-refractivity contribution in [1.29, 1.82) is 0 Å². The smallest absolute Gasteiger partial charge is 0.235 e. The molecule has 0 bridgehead atoms. The molecule has 1 aromatic heterocycles. The topological polar surface area (TPSA) is 46.6 Å². The van der Waals surface area contributed by atoms with E-state index in [9.17, 15) is 8.42 Å². The van der Waals surface area contributed by atoms with Crippen LogP contribution < -0.4 is 0 Å². The maximum atomic E-state index is 11.6. The van der Waals surface area contributed by atoms with Crippen LogP contribution in [0.25, 0.3) is 0 Å². The lowest BCUT2D eigenvalue weighted by atomic mass is 10.2. The summed E-state index contributed by atoms with van der Waals surface area (Å²) in [7, 11) is -3.32. The minimum absolute atomic E-state index is 0.158. The molecular formula is C10H13NO3S2. The second-order valence-corrected chi connectivity index (χ2v) is 6.15. The first-order chi connectivity index (χ1) is 7.63. The van der Waals surface area contributed by atoms with E-state index in [-0.39, 0.29) is 6.10 Å². The first kappa shape index (κ1) is 11.8. The second kappa shape index (κ2) is 4.67. The van der Waals surface area contributed by atoms with Gasteiger partial charge in [0.15, 0.2) is 0 Å². The average Bonchev–Trinajstić information content (AvgIpc) is 2.83. The molecule has 1 aliphatic heterocycles. The second-order valence-electron chi connectivity index (χ2n) is 3.49. The predicted molar refractivity (Wildman–Crippen MR) is 63.7 cm³/mol. The highest BCUT2D eigenvalue weighted by atomic mass is 32.2. The van der Waals surface area contributed by atoms with E-state index in [0.29, 0.717) is 19.7 Å². The van der Waals surface area contributed by atoms with Gasteiger partial charge in [0.2, 0.25) is 10.0 Å². The Bertz CT molecular complexity index is 452. The maximum absolute atomic E-state index is 11.6. The fraction of sp³-hybridized carbons (Fsp3) is 0.400. The number of thiophene rings is 1. The van der Waals surface area contributed by atoms with Crippen LogP contribution in [-0.2, 0) is 14.8 Å². The van der Waals surface area contributed by atoms with Gasteiger partial charge in [0.1, 0.15) is 0 Å². The molecule has 1 atom stereocenters. The Labute approximate surface area is 99.2 Å². The summed E-state index contributed by atoms with van der Waals surface area (Å²) in [6, 6.07) is 1.96. The Morgan fingerprint density at radius 3 is 3.06 bits per heavy atom. The fourth-order valence-corrected chi connectivity index (χ4v) is 3.21. The van der Waals surface area contributed by atoms with E-state index in [4.69, 9.17) is 4.74 Å². The molecule has 4 nitrogen and oxygen atoms in total. The van der Waals surface area contributed by atoms with E-state index >= 15 is 0 Å². The first-order valence-electron chi connectivity index (χ1n) is 4.90. The van der Waals surface area contributed by atoms with Crippen LogP contribution in [0, 0.1) is 0 Å². The van der Waals surface area contributed by atoms with Crippen LogP contribution in [-0.4, -0.2) is 32.4 Å². The third-order valence-corrected chi connectivity index (χ3v) is 4.69. The molecule has 1 aromatic rings. The van der Waals surface area contributed by atoms with Crippen LogP contribution in [0.4, 0.5) is 0 Å². The molecule has 0 saturated carbocycles. The van der Waals surface area contributed by atoms with E-state index in [0.717, 1.165) is 11.0 Å². The zero-order valence-corrected chi connectivity index (χ0v) is 10.3. The van der Waals surface area contributed by atoms with Crippen molar-refractivity contribution in [3.8, 4) is 0 Å². The Hall–Kier alpha value is -0.690. The van der Waals surface area contributed by atoms with Crippen LogP contribution in [0.2, 0.25) is 0 Å². The first-order valence-corrected chi connectivity index (χ1v) is 7.34.